The number of thioether (sulfide) groups is 1. The highest BCUT2D eigenvalue weighted by Gasteiger charge is 2.21. The number of ether oxygens (including phenoxy) is 1. The van der Waals surface area contributed by atoms with Crippen LogP contribution in [0.5, 0.6) is 0 Å². The van der Waals surface area contributed by atoms with Gasteiger partial charge in [0.05, 0.1) is 5.75 Å². The second kappa shape index (κ2) is 5.36. The summed E-state index contributed by atoms with van der Waals surface area (Å²) in [6, 6.07) is 0. The topological polar surface area (TPSA) is 26.3 Å². The molecule has 0 bridgehead atoms. The molecule has 0 unspecified atom stereocenters. The Labute approximate surface area is 84.5 Å². The lowest BCUT2D eigenvalue weighted by Gasteiger charge is -2.10. The van der Waals surface area contributed by atoms with E-state index in [9.17, 15) is 4.79 Å². The molecule has 0 radical (unpaired) electrons. The lowest BCUT2D eigenvalue weighted by Crippen LogP contribution is -2.18. The van der Waals surface area contributed by atoms with Crippen LogP contribution in [-0.4, -0.2) is 28.4 Å². The van der Waals surface area contributed by atoms with Gasteiger partial charge in [-0.15, -0.1) is 0 Å². The van der Waals surface area contributed by atoms with Crippen LogP contribution in [0, 0.1) is 0 Å². The Morgan fingerprint density at radius 2 is 2.09 bits per heavy atom. The highest BCUT2D eigenvalue weighted by Crippen LogP contribution is 2.25. The van der Waals surface area contributed by atoms with Gasteiger partial charge in [-0.2, -0.15) is 11.8 Å². The van der Waals surface area contributed by atoms with Crippen molar-refractivity contribution in [3.63, 3.8) is 0 Å². The van der Waals surface area contributed by atoms with E-state index in [1.165, 1.54) is 11.8 Å². The van der Waals surface area contributed by atoms with Crippen LogP contribution in [0.2, 0.25) is 0 Å². The molecule has 0 N–H and O–H groups in total. The predicted molar refractivity (Wildman–Crippen MR) is 49.6 cm³/mol. The van der Waals surface area contributed by atoms with Crippen molar-refractivity contribution in [2.24, 2.45) is 0 Å². The zero-order chi connectivity index (χ0) is 8.91. The number of rotatable bonds is 3. The largest absolute Gasteiger partial charge is 0.461 e. The Kier molecular flexibility index (Phi) is 5.69. The summed E-state index contributed by atoms with van der Waals surface area (Å²) in [6.07, 6.45) is 1.79. The van der Waals surface area contributed by atoms with Gasteiger partial charge in [-0.25, -0.2) is 0 Å². The molecule has 0 aromatic carbocycles. The summed E-state index contributed by atoms with van der Waals surface area (Å²) in [5.41, 5.74) is 0. The summed E-state index contributed by atoms with van der Waals surface area (Å²) in [4.78, 5) is 10.7. The summed E-state index contributed by atoms with van der Waals surface area (Å²) in [7, 11) is 0. The maximum absolute atomic E-state index is 10.7. The molecule has 0 aromatic rings. The van der Waals surface area contributed by atoms with Gasteiger partial charge in [-0.3, -0.25) is 4.79 Å². The first kappa shape index (κ1) is 11.7. The molecule has 0 atom stereocenters. The number of hydrogen-bond acceptors (Lipinski definition) is 3. The van der Waals surface area contributed by atoms with E-state index < -0.39 is 3.79 Å². The van der Waals surface area contributed by atoms with Gasteiger partial charge in [0, 0.05) is 0 Å². The van der Waals surface area contributed by atoms with Crippen molar-refractivity contribution in [2.45, 2.75) is 3.79 Å². The van der Waals surface area contributed by atoms with Crippen molar-refractivity contribution in [1.82, 2.24) is 0 Å². The Hall–Kier alpha value is 0.690. The Morgan fingerprint density at radius 3 is 2.45 bits per heavy atom. The van der Waals surface area contributed by atoms with E-state index in [1.54, 1.807) is 6.26 Å². The summed E-state index contributed by atoms with van der Waals surface area (Å²) in [5, 5.41) is 0. The third kappa shape index (κ3) is 8.60. The minimum atomic E-state index is -1.51. The van der Waals surface area contributed by atoms with Gasteiger partial charge in [0.25, 0.3) is 0 Å². The van der Waals surface area contributed by atoms with Crippen molar-refractivity contribution in [2.75, 3.05) is 18.6 Å². The third-order valence-corrected chi connectivity index (χ3v) is 1.51. The Balaban J connectivity index is 3.46. The second-order valence-electron chi connectivity index (χ2n) is 1.71. The highest BCUT2D eigenvalue weighted by molar-refractivity contribution is 7.99. The zero-order valence-electron chi connectivity index (χ0n) is 5.77. The van der Waals surface area contributed by atoms with Crippen molar-refractivity contribution in [3.05, 3.63) is 0 Å². The number of hydrogen-bond donors (Lipinski definition) is 0. The van der Waals surface area contributed by atoms with Crippen LogP contribution in [-0.2, 0) is 9.53 Å². The number of halogens is 3. The first-order chi connectivity index (χ1) is 4.95. The molecule has 0 aliphatic heterocycles. The van der Waals surface area contributed by atoms with E-state index in [1.807, 2.05) is 0 Å². The van der Waals surface area contributed by atoms with Gasteiger partial charge in [-0.05, 0) is 6.26 Å². The molecule has 0 spiro atoms. The molecule has 6 heteroatoms. The van der Waals surface area contributed by atoms with Crippen LogP contribution in [0.25, 0.3) is 0 Å². The van der Waals surface area contributed by atoms with E-state index in [0.29, 0.717) is 0 Å². The minimum absolute atomic E-state index is 0.197. The molecule has 0 rings (SSSR count). The summed E-state index contributed by atoms with van der Waals surface area (Å²) >= 11 is 17.3. The van der Waals surface area contributed by atoms with Crippen LogP contribution < -0.4 is 0 Å². The maximum Gasteiger partial charge on any atom is 0.316 e. The minimum Gasteiger partial charge on any atom is -0.461 e. The first-order valence-electron chi connectivity index (χ1n) is 2.67. The zero-order valence-corrected chi connectivity index (χ0v) is 8.86. The molecule has 0 aliphatic carbocycles. The molecule has 0 fully saturated rings. The van der Waals surface area contributed by atoms with Crippen LogP contribution in [0.1, 0.15) is 0 Å². The monoisotopic (exact) mass is 236 g/mol. The van der Waals surface area contributed by atoms with Crippen molar-refractivity contribution >= 4 is 52.5 Å². The van der Waals surface area contributed by atoms with E-state index in [-0.39, 0.29) is 18.3 Å². The number of carbonyl (C=O) groups excluding carboxylic acids is 1. The molecule has 0 saturated heterocycles. The quantitative estimate of drug-likeness (QED) is 0.556. The van der Waals surface area contributed by atoms with Crippen LogP contribution in [0.3, 0.4) is 0 Å². The smallest absolute Gasteiger partial charge is 0.316 e. The molecule has 11 heavy (non-hydrogen) atoms. The van der Waals surface area contributed by atoms with E-state index >= 15 is 0 Å². The predicted octanol–water partition coefficient (Wildman–Crippen LogP) is 2.26. The van der Waals surface area contributed by atoms with Gasteiger partial charge >= 0.3 is 5.97 Å². The Bertz CT molecular complexity index is 134. The van der Waals surface area contributed by atoms with Gasteiger partial charge in [0.2, 0.25) is 3.79 Å². The average molecular weight is 238 g/mol. The lowest BCUT2D eigenvalue weighted by molar-refractivity contribution is -0.140. The molecular formula is C5H7Cl3O2S. The normalized spacial score (nSPS) is 11.3. The highest BCUT2D eigenvalue weighted by atomic mass is 35.6. The maximum atomic E-state index is 10.7. The number of alkyl halides is 3. The first-order valence-corrected chi connectivity index (χ1v) is 5.20. The van der Waals surface area contributed by atoms with Crippen molar-refractivity contribution < 1.29 is 9.53 Å². The van der Waals surface area contributed by atoms with E-state index in [2.05, 4.69) is 4.74 Å². The fourth-order valence-corrected chi connectivity index (χ4v) is 0.805. The summed E-state index contributed by atoms with van der Waals surface area (Å²) in [5.74, 6) is -0.0929. The molecular weight excluding hydrogens is 230 g/mol. The van der Waals surface area contributed by atoms with Crippen LogP contribution in [0.4, 0.5) is 0 Å². The van der Waals surface area contributed by atoms with Crippen molar-refractivity contribution in [3.8, 4) is 0 Å². The van der Waals surface area contributed by atoms with Crippen molar-refractivity contribution in [1.29, 1.82) is 0 Å². The van der Waals surface area contributed by atoms with Gasteiger partial charge in [0.15, 0.2) is 0 Å². The lowest BCUT2D eigenvalue weighted by atomic mass is 10.7. The number of carbonyl (C=O) groups is 1. The van der Waals surface area contributed by atoms with Crippen LogP contribution in [0.15, 0.2) is 0 Å². The van der Waals surface area contributed by atoms with E-state index in [0.717, 1.165) is 0 Å². The molecule has 0 amide bonds. The van der Waals surface area contributed by atoms with Gasteiger partial charge < -0.3 is 4.74 Å². The molecule has 0 aliphatic rings. The van der Waals surface area contributed by atoms with Gasteiger partial charge in [-0.1, -0.05) is 34.8 Å². The standard InChI is InChI=1S/C5H7Cl3O2S/c1-11-2-4(9)10-3-5(6,7)8/h2-3H2,1H3. The fraction of sp³-hybridized carbons (Fsp3) is 0.800. The fourth-order valence-electron chi connectivity index (χ4n) is 0.322. The number of esters is 1. The second-order valence-corrected chi connectivity index (χ2v) is 5.09. The third-order valence-electron chi connectivity index (χ3n) is 0.659. The summed E-state index contributed by atoms with van der Waals surface area (Å²) < 4.78 is 3.09. The molecule has 0 aromatic heterocycles. The summed E-state index contributed by atoms with van der Waals surface area (Å²) in [6.45, 7) is -0.197. The SMILES string of the molecule is CSCC(=O)OCC(Cl)(Cl)Cl. The van der Waals surface area contributed by atoms with Crippen LogP contribution >= 0.6 is 46.6 Å². The Morgan fingerprint density at radius 1 is 1.55 bits per heavy atom. The molecule has 0 saturated carbocycles. The molecule has 66 valence electrons. The van der Waals surface area contributed by atoms with E-state index in [4.69, 9.17) is 34.8 Å². The average Bonchev–Trinajstić information content (AvgIpc) is 1.83. The van der Waals surface area contributed by atoms with Gasteiger partial charge in [0.1, 0.15) is 6.61 Å². The molecule has 2 nitrogen and oxygen atoms in total. The molecule has 0 heterocycles.